The lowest BCUT2D eigenvalue weighted by Crippen LogP contribution is -2.11. The predicted octanol–water partition coefficient (Wildman–Crippen LogP) is 2.74. The van der Waals surface area contributed by atoms with E-state index >= 15 is 0 Å². The number of aryl methyl sites for hydroxylation is 2. The van der Waals surface area contributed by atoms with Gasteiger partial charge in [0.05, 0.1) is 12.2 Å². The van der Waals surface area contributed by atoms with Crippen LogP contribution in [0.3, 0.4) is 0 Å². The van der Waals surface area contributed by atoms with Crippen LogP contribution in [-0.2, 0) is 26.2 Å². The number of rotatable bonds is 5. The predicted molar refractivity (Wildman–Crippen MR) is 106 cm³/mol. The maximum atomic E-state index is 4.77. The summed E-state index contributed by atoms with van der Waals surface area (Å²) in [5.74, 6) is 1.96. The van der Waals surface area contributed by atoms with E-state index in [1.807, 2.05) is 24.8 Å². The van der Waals surface area contributed by atoms with Crippen molar-refractivity contribution in [1.82, 2.24) is 34.2 Å². The molecule has 0 unspecified atom stereocenters. The molecule has 3 aromatic heterocycles. The molecule has 26 heavy (non-hydrogen) atoms. The summed E-state index contributed by atoms with van der Waals surface area (Å²) in [6.07, 6.45) is 9.96. The van der Waals surface area contributed by atoms with Crippen LogP contribution in [0.1, 0.15) is 31.3 Å². The van der Waals surface area contributed by atoms with Gasteiger partial charge in [0, 0.05) is 44.4 Å². The van der Waals surface area contributed by atoms with Gasteiger partial charge >= 0.3 is 0 Å². The Balaban J connectivity index is 0.00000121. The van der Waals surface area contributed by atoms with Gasteiger partial charge < -0.3 is 14.5 Å². The number of aromatic nitrogens is 6. The lowest BCUT2D eigenvalue weighted by molar-refractivity contribution is 0.586. The quantitative estimate of drug-likeness (QED) is 0.718. The number of halogens is 2. The summed E-state index contributed by atoms with van der Waals surface area (Å²) in [5, 5.41) is 8.20. The molecule has 1 aliphatic rings. The molecule has 0 saturated heterocycles. The third kappa shape index (κ3) is 4.11. The first-order valence-electron chi connectivity index (χ1n) is 8.64. The Bertz CT molecular complexity index is 797. The smallest absolute Gasteiger partial charge is 0.160 e. The minimum Gasteiger partial charge on any atom is -0.333 e. The number of hydrogen-bond donors (Lipinski definition) is 1. The molecule has 1 N–H and O–H groups in total. The lowest BCUT2D eigenvalue weighted by Gasteiger charge is -2.09. The number of imidazole rings is 2. The molecule has 0 amide bonds. The molecule has 0 saturated carbocycles. The third-order valence-corrected chi connectivity index (χ3v) is 4.42. The minimum atomic E-state index is 0. The first-order chi connectivity index (χ1) is 11.8. The topological polar surface area (TPSA) is 65.5 Å². The monoisotopic (exact) mass is 397 g/mol. The molecule has 0 atom stereocenters. The Morgan fingerprint density at radius 1 is 1.12 bits per heavy atom. The number of fused-ring (bicyclic) bond motifs is 1. The van der Waals surface area contributed by atoms with Crippen LogP contribution in [0.5, 0.6) is 0 Å². The maximum Gasteiger partial charge on any atom is 0.160 e. The molecule has 0 bridgehead atoms. The largest absolute Gasteiger partial charge is 0.333 e. The van der Waals surface area contributed by atoms with Crippen molar-refractivity contribution in [2.24, 2.45) is 0 Å². The minimum absolute atomic E-state index is 0. The van der Waals surface area contributed by atoms with Gasteiger partial charge in [-0.15, -0.1) is 24.8 Å². The molecule has 142 valence electrons. The number of nitrogens with one attached hydrogen (secondary N) is 1. The molecule has 3 aromatic rings. The van der Waals surface area contributed by atoms with E-state index in [9.17, 15) is 0 Å². The number of nitrogens with zero attached hydrogens (tertiary/aromatic N) is 6. The van der Waals surface area contributed by atoms with Gasteiger partial charge in [0.15, 0.2) is 5.82 Å². The molecular weight excluding hydrogens is 373 g/mol. The van der Waals surface area contributed by atoms with Gasteiger partial charge in [-0.3, -0.25) is 4.68 Å². The van der Waals surface area contributed by atoms with Crippen LogP contribution >= 0.6 is 24.8 Å². The molecule has 0 radical (unpaired) electrons. The van der Waals surface area contributed by atoms with Crippen LogP contribution in [0.4, 0.5) is 0 Å². The first kappa shape index (κ1) is 20.5. The van der Waals surface area contributed by atoms with Crippen molar-refractivity contribution in [3.05, 3.63) is 42.4 Å². The molecule has 7 nitrogen and oxygen atoms in total. The van der Waals surface area contributed by atoms with E-state index in [1.54, 1.807) is 0 Å². The summed E-state index contributed by atoms with van der Waals surface area (Å²) in [6, 6.07) is 2.15. The van der Waals surface area contributed by atoms with E-state index in [2.05, 4.69) is 42.1 Å². The van der Waals surface area contributed by atoms with Gasteiger partial charge in [-0.1, -0.05) is 6.92 Å². The SMILES string of the molecule is CCCn1ccnc1Cn1ccnc1-c1cc2n(n1)CCCNC2.Cl.Cl. The van der Waals surface area contributed by atoms with Crippen LogP contribution < -0.4 is 5.32 Å². The fourth-order valence-corrected chi connectivity index (χ4v) is 3.23. The van der Waals surface area contributed by atoms with Crippen LogP contribution in [0.2, 0.25) is 0 Å². The van der Waals surface area contributed by atoms with Crippen molar-refractivity contribution < 1.29 is 0 Å². The summed E-state index contributed by atoms with van der Waals surface area (Å²) in [4.78, 5) is 9.04. The first-order valence-corrected chi connectivity index (χ1v) is 8.64. The van der Waals surface area contributed by atoms with E-state index in [4.69, 9.17) is 5.10 Å². The van der Waals surface area contributed by atoms with Crippen LogP contribution in [-0.4, -0.2) is 35.4 Å². The van der Waals surface area contributed by atoms with E-state index in [-0.39, 0.29) is 24.8 Å². The van der Waals surface area contributed by atoms with Crippen LogP contribution in [0.15, 0.2) is 30.9 Å². The van der Waals surface area contributed by atoms with Crippen LogP contribution in [0.25, 0.3) is 11.5 Å². The second-order valence-corrected chi connectivity index (χ2v) is 6.19. The summed E-state index contributed by atoms with van der Waals surface area (Å²) in [6.45, 7) is 6.76. The van der Waals surface area contributed by atoms with Gasteiger partial charge in [-0.25, -0.2) is 9.97 Å². The van der Waals surface area contributed by atoms with Gasteiger partial charge in [0.25, 0.3) is 0 Å². The van der Waals surface area contributed by atoms with E-state index in [0.717, 1.165) is 56.4 Å². The van der Waals surface area contributed by atoms with Crippen molar-refractivity contribution >= 4 is 24.8 Å². The van der Waals surface area contributed by atoms with E-state index < -0.39 is 0 Å². The average Bonchev–Trinajstić information content (AvgIpc) is 3.27. The summed E-state index contributed by atoms with van der Waals surface area (Å²) in [5.41, 5.74) is 2.16. The van der Waals surface area contributed by atoms with Gasteiger partial charge in [0.2, 0.25) is 0 Å². The lowest BCUT2D eigenvalue weighted by atomic mass is 10.3. The average molecular weight is 398 g/mol. The van der Waals surface area contributed by atoms with Crippen molar-refractivity contribution in [3.8, 4) is 11.5 Å². The molecule has 0 spiro atoms. The zero-order valence-corrected chi connectivity index (χ0v) is 16.5. The second-order valence-electron chi connectivity index (χ2n) is 6.19. The molecule has 4 heterocycles. The third-order valence-electron chi connectivity index (χ3n) is 4.42. The van der Waals surface area contributed by atoms with Crippen molar-refractivity contribution in [2.45, 2.75) is 45.9 Å². The molecule has 0 fully saturated rings. The molecule has 9 heteroatoms. The fourth-order valence-electron chi connectivity index (χ4n) is 3.23. The Kier molecular flexibility index (Phi) is 7.25. The second kappa shape index (κ2) is 9.21. The van der Waals surface area contributed by atoms with Crippen molar-refractivity contribution in [2.75, 3.05) is 6.54 Å². The Hall–Kier alpha value is -1.83. The molecule has 4 rings (SSSR count). The summed E-state index contributed by atoms with van der Waals surface area (Å²) >= 11 is 0. The molecular formula is C17H25Cl2N7. The highest BCUT2D eigenvalue weighted by Gasteiger charge is 2.16. The van der Waals surface area contributed by atoms with Gasteiger partial charge in [-0.05, 0) is 25.5 Å². The standard InChI is InChI=1S/C17H23N7.2ClH/c1-2-7-22-9-5-19-16(22)13-23-10-6-20-17(23)15-11-14-12-18-4-3-8-24(14)21-15;;/h5-6,9-11,18H,2-4,7-8,12-13H2,1H3;2*1H. The summed E-state index contributed by atoms with van der Waals surface area (Å²) in [7, 11) is 0. The van der Waals surface area contributed by atoms with Crippen molar-refractivity contribution in [1.29, 1.82) is 0 Å². The Labute approximate surface area is 165 Å². The summed E-state index contributed by atoms with van der Waals surface area (Å²) < 4.78 is 6.44. The van der Waals surface area contributed by atoms with E-state index in [0.29, 0.717) is 6.54 Å². The highest BCUT2D eigenvalue weighted by Crippen LogP contribution is 2.20. The Morgan fingerprint density at radius 2 is 1.92 bits per heavy atom. The van der Waals surface area contributed by atoms with E-state index in [1.165, 1.54) is 5.69 Å². The zero-order chi connectivity index (χ0) is 16.4. The Morgan fingerprint density at radius 3 is 2.77 bits per heavy atom. The van der Waals surface area contributed by atoms with Crippen LogP contribution in [0, 0.1) is 0 Å². The van der Waals surface area contributed by atoms with Gasteiger partial charge in [0.1, 0.15) is 11.5 Å². The fraction of sp³-hybridized carbons (Fsp3) is 0.471. The normalized spacial score (nSPS) is 13.4. The maximum absolute atomic E-state index is 4.77. The highest BCUT2D eigenvalue weighted by molar-refractivity contribution is 5.85. The zero-order valence-electron chi connectivity index (χ0n) is 14.8. The highest BCUT2D eigenvalue weighted by atomic mass is 35.5. The van der Waals surface area contributed by atoms with Crippen molar-refractivity contribution in [3.63, 3.8) is 0 Å². The van der Waals surface area contributed by atoms with Gasteiger partial charge in [-0.2, -0.15) is 5.10 Å². The molecule has 1 aliphatic heterocycles. The molecule has 0 aliphatic carbocycles. The number of hydrogen-bond acceptors (Lipinski definition) is 4. The molecule has 0 aromatic carbocycles.